The molecule has 12 heavy (non-hydrogen) atoms. The molecule has 0 aromatic carbocycles. The SMILES string of the molecule is O=NOc1cnccc1C(=O)O. The van der Waals surface area contributed by atoms with Crippen molar-refractivity contribution < 1.29 is 14.7 Å². The number of hydrogen-bond acceptors (Lipinski definition) is 5. The third-order valence-corrected chi connectivity index (χ3v) is 1.15. The van der Waals surface area contributed by atoms with E-state index in [1.165, 1.54) is 12.3 Å². The van der Waals surface area contributed by atoms with Gasteiger partial charge in [0.2, 0.25) is 0 Å². The fourth-order valence-electron chi connectivity index (χ4n) is 0.670. The molecule has 0 saturated carbocycles. The molecule has 1 aromatic rings. The summed E-state index contributed by atoms with van der Waals surface area (Å²) in [5.41, 5.74) is -0.149. The Bertz CT molecular complexity index is 312. The molecule has 0 aliphatic heterocycles. The van der Waals surface area contributed by atoms with Crippen molar-refractivity contribution in [1.82, 2.24) is 4.98 Å². The van der Waals surface area contributed by atoms with Crippen molar-refractivity contribution in [1.29, 1.82) is 0 Å². The van der Waals surface area contributed by atoms with Gasteiger partial charge in [0.15, 0.2) is 11.1 Å². The van der Waals surface area contributed by atoms with Crippen molar-refractivity contribution in [3.8, 4) is 5.75 Å². The highest BCUT2D eigenvalue weighted by Crippen LogP contribution is 2.15. The molecule has 0 spiro atoms. The Balaban J connectivity index is 3.07. The lowest BCUT2D eigenvalue weighted by molar-refractivity contribution is 0.0692. The van der Waals surface area contributed by atoms with Gasteiger partial charge in [-0.25, -0.2) is 4.79 Å². The largest absolute Gasteiger partial charge is 0.478 e. The first-order chi connectivity index (χ1) is 5.75. The van der Waals surface area contributed by atoms with Crippen molar-refractivity contribution >= 4 is 5.97 Å². The smallest absolute Gasteiger partial charge is 0.339 e. The van der Waals surface area contributed by atoms with Crippen LogP contribution in [0.3, 0.4) is 0 Å². The first-order valence-electron chi connectivity index (χ1n) is 2.92. The normalized spacial score (nSPS) is 9.00. The third-order valence-electron chi connectivity index (χ3n) is 1.15. The summed E-state index contributed by atoms with van der Waals surface area (Å²) >= 11 is 0. The van der Waals surface area contributed by atoms with Crippen LogP contribution in [0.25, 0.3) is 0 Å². The summed E-state index contributed by atoms with van der Waals surface area (Å²) < 4.78 is 0. The first kappa shape index (κ1) is 8.12. The van der Waals surface area contributed by atoms with Gasteiger partial charge in [0.1, 0.15) is 5.56 Å². The number of rotatable bonds is 3. The van der Waals surface area contributed by atoms with Gasteiger partial charge in [0.25, 0.3) is 0 Å². The van der Waals surface area contributed by atoms with Crippen LogP contribution in [0.15, 0.2) is 23.8 Å². The van der Waals surface area contributed by atoms with Crippen molar-refractivity contribution in [3.05, 3.63) is 28.9 Å². The number of nitrogens with zero attached hydrogens (tertiary/aromatic N) is 2. The Morgan fingerprint density at radius 3 is 3.00 bits per heavy atom. The van der Waals surface area contributed by atoms with E-state index in [0.29, 0.717) is 0 Å². The second-order valence-corrected chi connectivity index (χ2v) is 1.84. The van der Waals surface area contributed by atoms with Gasteiger partial charge >= 0.3 is 5.97 Å². The van der Waals surface area contributed by atoms with Crippen LogP contribution >= 0.6 is 0 Å². The predicted molar refractivity (Wildman–Crippen MR) is 37.6 cm³/mol. The van der Waals surface area contributed by atoms with Gasteiger partial charge in [0.05, 0.1) is 6.20 Å². The molecule has 0 aliphatic carbocycles. The van der Waals surface area contributed by atoms with Gasteiger partial charge in [0, 0.05) is 6.20 Å². The molecule has 1 rings (SSSR count). The molecule has 1 heterocycles. The number of hydrogen-bond donors (Lipinski definition) is 1. The molecule has 0 unspecified atom stereocenters. The van der Waals surface area contributed by atoms with E-state index in [1.807, 2.05) is 0 Å². The van der Waals surface area contributed by atoms with Crippen molar-refractivity contribution in [3.63, 3.8) is 0 Å². The van der Waals surface area contributed by atoms with E-state index in [-0.39, 0.29) is 11.3 Å². The number of carboxylic acid groups (broad SMARTS) is 1. The van der Waals surface area contributed by atoms with Crippen LogP contribution in [0.1, 0.15) is 10.4 Å². The minimum atomic E-state index is -1.20. The van der Waals surface area contributed by atoms with Crippen molar-refractivity contribution in [2.24, 2.45) is 5.34 Å². The minimum Gasteiger partial charge on any atom is -0.478 e. The van der Waals surface area contributed by atoms with E-state index < -0.39 is 5.97 Å². The summed E-state index contributed by atoms with van der Waals surface area (Å²) in [4.78, 5) is 27.8. The summed E-state index contributed by atoms with van der Waals surface area (Å²) in [6.07, 6.45) is 2.38. The summed E-state index contributed by atoms with van der Waals surface area (Å²) in [6, 6.07) is 1.21. The summed E-state index contributed by atoms with van der Waals surface area (Å²) in [5, 5.41) is 10.6. The number of aromatic carboxylic acids is 1. The average molecular weight is 168 g/mol. The quantitative estimate of drug-likeness (QED) is 0.533. The van der Waals surface area contributed by atoms with E-state index >= 15 is 0 Å². The lowest BCUT2D eigenvalue weighted by Crippen LogP contribution is -1.99. The predicted octanol–water partition coefficient (Wildman–Crippen LogP) is 0.840. The Morgan fingerprint density at radius 2 is 2.42 bits per heavy atom. The van der Waals surface area contributed by atoms with Gasteiger partial charge in [-0.05, 0) is 6.07 Å². The highest BCUT2D eigenvalue weighted by atomic mass is 16.7. The van der Waals surface area contributed by atoms with Gasteiger partial charge in [-0.2, -0.15) is 0 Å². The second kappa shape index (κ2) is 3.42. The van der Waals surface area contributed by atoms with Gasteiger partial charge in [-0.15, -0.1) is 4.91 Å². The lowest BCUT2D eigenvalue weighted by Gasteiger charge is -1.97. The monoisotopic (exact) mass is 168 g/mol. The van der Waals surface area contributed by atoms with Crippen LogP contribution in [0.4, 0.5) is 0 Å². The summed E-state index contributed by atoms with van der Waals surface area (Å²) in [5.74, 6) is -1.36. The van der Waals surface area contributed by atoms with Crippen molar-refractivity contribution in [2.45, 2.75) is 0 Å². The molecular formula is C6H4N2O4. The van der Waals surface area contributed by atoms with E-state index in [0.717, 1.165) is 6.20 Å². The zero-order valence-corrected chi connectivity index (χ0v) is 5.80. The van der Waals surface area contributed by atoms with Gasteiger partial charge in [-0.1, -0.05) is 0 Å². The average Bonchev–Trinajstić information content (AvgIpc) is 2.05. The Kier molecular flexibility index (Phi) is 2.32. The standard InChI is InChI=1S/C6H4N2O4/c9-6(10)4-1-2-7-3-5(4)12-8-11/h1-3H,(H,9,10). The molecule has 6 nitrogen and oxygen atoms in total. The Labute approximate surface area is 66.7 Å². The van der Waals surface area contributed by atoms with Gasteiger partial charge < -0.3 is 9.94 Å². The topological polar surface area (TPSA) is 88.9 Å². The molecule has 62 valence electrons. The highest BCUT2D eigenvalue weighted by molar-refractivity contribution is 5.90. The van der Waals surface area contributed by atoms with E-state index in [9.17, 15) is 9.70 Å². The Morgan fingerprint density at radius 1 is 1.67 bits per heavy atom. The van der Waals surface area contributed by atoms with Crippen LogP contribution in [-0.2, 0) is 0 Å². The first-order valence-corrected chi connectivity index (χ1v) is 2.92. The lowest BCUT2D eigenvalue weighted by atomic mass is 10.2. The summed E-state index contributed by atoms with van der Waals surface area (Å²) in [7, 11) is 0. The van der Waals surface area contributed by atoms with Crippen LogP contribution in [0.5, 0.6) is 5.75 Å². The molecule has 0 bridgehead atoms. The molecule has 0 aliphatic rings. The van der Waals surface area contributed by atoms with E-state index in [2.05, 4.69) is 15.2 Å². The van der Waals surface area contributed by atoms with Crippen LogP contribution < -0.4 is 4.84 Å². The van der Waals surface area contributed by atoms with E-state index in [4.69, 9.17) is 5.11 Å². The van der Waals surface area contributed by atoms with Crippen molar-refractivity contribution in [2.75, 3.05) is 0 Å². The molecule has 6 heteroatoms. The maximum Gasteiger partial charge on any atom is 0.339 e. The molecule has 0 atom stereocenters. The molecule has 0 saturated heterocycles. The minimum absolute atomic E-state index is 0.149. The fraction of sp³-hybridized carbons (Fsp3) is 0. The number of carbonyl (C=O) groups is 1. The molecule has 0 fully saturated rings. The number of pyridine rings is 1. The fourth-order valence-corrected chi connectivity index (χ4v) is 0.670. The molecule has 0 radical (unpaired) electrons. The van der Waals surface area contributed by atoms with Crippen LogP contribution in [0.2, 0.25) is 0 Å². The maximum absolute atomic E-state index is 10.4. The molecule has 1 N–H and O–H groups in total. The maximum atomic E-state index is 10.4. The third kappa shape index (κ3) is 1.54. The zero-order chi connectivity index (χ0) is 8.97. The van der Waals surface area contributed by atoms with E-state index in [1.54, 1.807) is 0 Å². The number of aromatic nitrogens is 1. The van der Waals surface area contributed by atoms with Crippen LogP contribution in [-0.4, -0.2) is 16.1 Å². The molecular weight excluding hydrogens is 164 g/mol. The Hall–Kier alpha value is -1.98. The zero-order valence-electron chi connectivity index (χ0n) is 5.80. The van der Waals surface area contributed by atoms with Gasteiger partial charge in [-0.3, -0.25) is 4.98 Å². The second-order valence-electron chi connectivity index (χ2n) is 1.84. The number of carboxylic acids is 1. The molecule has 0 amide bonds. The molecule has 1 aromatic heterocycles. The summed E-state index contributed by atoms with van der Waals surface area (Å²) in [6.45, 7) is 0. The van der Waals surface area contributed by atoms with Crippen LogP contribution in [0, 0.1) is 4.91 Å². The highest BCUT2D eigenvalue weighted by Gasteiger charge is 2.10.